The normalized spacial score (nSPS) is 19.2. The van der Waals surface area contributed by atoms with Crippen LogP contribution in [0.4, 0.5) is 0 Å². The largest absolute Gasteiger partial charge is 0.378 e. The Morgan fingerprint density at radius 1 is 0.889 bits per heavy atom. The first-order valence-corrected chi connectivity index (χ1v) is 12.2. The Labute approximate surface area is 210 Å². The first-order chi connectivity index (χ1) is 17.6. The third-order valence-electron chi connectivity index (χ3n) is 6.28. The number of piperidine rings is 1. The fraction of sp³-hybridized carbons (Fsp3) is 0.286. The van der Waals surface area contributed by atoms with Gasteiger partial charge in [0.15, 0.2) is 5.78 Å². The van der Waals surface area contributed by atoms with Crippen LogP contribution in [0.5, 0.6) is 0 Å². The molecule has 3 aromatic rings. The summed E-state index contributed by atoms with van der Waals surface area (Å²) >= 11 is 0. The Bertz CT molecular complexity index is 1200. The van der Waals surface area contributed by atoms with Crippen LogP contribution in [-0.4, -0.2) is 75.9 Å². The zero-order valence-electron chi connectivity index (χ0n) is 20.1. The summed E-state index contributed by atoms with van der Waals surface area (Å²) < 4.78 is 6.91. The number of hydrogen-bond acceptors (Lipinski definition) is 6. The molecule has 0 bridgehead atoms. The van der Waals surface area contributed by atoms with Crippen LogP contribution in [0.1, 0.15) is 16.8 Å². The van der Waals surface area contributed by atoms with Gasteiger partial charge < -0.3 is 9.64 Å². The Kier molecular flexibility index (Phi) is 7.44. The van der Waals surface area contributed by atoms with Gasteiger partial charge in [-0.2, -0.15) is 0 Å². The van der Waals surface area contributed by atoms with E-state index in [1.54, 1.807) is 9.58 Å². The van der Waals surface area contributed by atoms with E-state index < -0.39 is 0 Å². The minimum absolute atomic E-state index is 0.0134. The number of benzene rings is 2. The van der Waals surface area contributed by atoms with Crippen LogP contribution in [0.2, 0.25) is 0 Å². The van der Waals surface area contributed by atoms with Crippen LogP contribution in [0.3, 0.4) is 0 Å². The van der Waals surface area contributed by atoms with Gasteiger partial charge in [-0.05, 0) is 23.3 Å². The zero-order chi connectivity index (χ0) is 24.7. The third kappa shape index (κ3) is 6.02. The molecule has 8 nitrogen and oxygen atoms in total. The molecule has 0 spiro atoms. The quantitative estimate of drug-likeness (QED) is 0.502. The molecule has 0 aliphatic carbocycles. The Balaban J connectivity index is 1.33. The Hall–Kier alpha value is -3.88. The summed E-state index contributed by atoms with van der Waals surface area (Å²) in [6, 6.07) is 19.8. The van der Waals surface area contributed by atoms with E-state index in [0.29, 0.717) is 45.9 Å². The number of morpholine rings is 1. The molecule has 2 saturated heterocycles. The lowest BCUT2D eigenvalue weighted by molar-refractivity contribution is -0.136. The SMILES string of the molecule is O=C1C(=Cc2ccccc2)CN(Cc2cn(CC(=O)N3CCOCC3)nn2)CC1=Cc1ccccc1. The number of ketones is 1. The van der Waals surface area contributed by atoms with Crippen molar-refractivity contribution in [2.24, 2.45) is 0 Å². The molecule has 1 aromatic heterocycles. The van der Waals surface area contributed by atoms with Crippen molar-refractivity contribution in [3.05, 3.63) is 94.8 Å². The highest BCUT2D eigenvalue weighted by molar-refractivity contribution is 6.14. The van der Waals surface area contributed by atoms with Gasteiger partial charge >= 0.3 is 0 Å². The summed E-state index contributed by atoms with van der Waals surface area (Å²) in [6.45, 7) is 4.06. The van der Waals surface area contributed by atoms with Gasteiger partial charge in [0.1, 0.15) is 6.54 Å². The predicted molar refractivity (Wildman–Crippen MR) is 137 cm³/mol. The van der Waals surface area contributed by atoms with E-state index in [1.807, 2.05) is 79.0 Å². The van der Waals surface area contributed by atoms with E-state index >= 15 is 0 Å². The summed E-state index contributed by atoms with van der Waals surface area (Å²) in [5, 5.41) is 8.47. The summed E-state index contributed by atoms with van der Waals surface area (Å²) in [5.74, 6) is 0.0817. The molecule has 2 aliphatic rings. The van der Waals surface area contributed by atoms with Crippen molar-refractivity contribution in [1.82, 2.24) is 24.8 Å². The molecule has 0 N–H and O–H groups in total. The van der Waals surface area contributed by atoms with E-state index in [1.165, 1.54) is 0 Å². The highest BCUT2D eigenvalue weighted by Gasteiger charge is 2.27. The minimum atomic E-state index is 0.0134. The minimum Gasteiger partial charge on any atom is -0.378 e. The van der Waals surface area contributed by atoms with E-state index in [4.69, 9.17) is 4.74 Å². The van der Waals surface area contributed by atoms with Crippen molar-refractivity contribution in [1.29, 1.82) is 0 Å². The number of carbonyl (C=O) groups is 2. The number of nitrogens with zero attached hydrogens (tertiary/aromatic N) is 5. The third-order valence-corrected chi connectivity index (χ3v) is 6.28. The van der Waals surface area contributed by atoms with Crippen molar-refractivity contribution in [3.63, 3.8) is 0 Å². The van der Waals surface area contributed by atoms with Gasteiger partial charge in [-0.15, -0.1) is 5.10 Å². The number of carbonyl (C=O) groups excluding carboxylic acids is 2. The molecule has 0 saturated carbocycles. The maximum Gasteiger partial charge on any atom is 0.244 e. The van der Waals surface area contributed by atoms with Crippen LogP contribution >= 0.6 is 0 Å². The van der Waals surface area contributed by atoms with Crippen molar-refractivity contribution in [3.8, 4) is 0 Å². The maximum absolute atomic E-state index is 13.4. The average molecular weight is 484 g/mol. The summed E-state index contributed by atoms with van der Waals surface area (Å²) in [4.78, 5) is 29.9. The van der Waals surface area contributed by atoms with E-state index in [-0.39, 0.29) is 18.2 Å². The molecule has 0 radical (unpaired) electrons. The molecule has 3 heterocycles. The lowest BCUT2D eigenvalue weighted by Crippen LogP contribution is -2.42. The number of aromatic nitrogens is 3. The van der Waals surface area contributed by atoms with Gasteiger partial charge in [-0.1, -0.05) is 65.9 Å². The second-order valence-corrected chi connectivity index (χ2v) is 9.04. The van der Waals surface area contributed by atoms with E-state index in [9.17, 15) is 9.59 Å². The van der Waals surface area contributed by atoms with E-state index in [0.717, 1.165) is 28.0 Å². The second-order valence-electron chi connectivity index (χ2n) is 9.04. The van der Waals surface area contributed by atoms with Crippen molar-refractivity contribution in [2.45, 2.75) is 13.1 Å². The van der Waals surface area contributed by atoms with Gasteiger partial charge in [-0.25, -0.2) is 4.68 Å². The van der Waals surface area contributed by atoms with Crippen molar-refractivity contribution < 1.29 is 14.3 Å². The summed E-state index contributed by atoms with van der Waals surface area (Å²) in [5.41, 5.74) is 4.23. The number of amides is 1. The molecule has 2 fully saturated rings. The zero-order valence-corrected chi connectivity index (χ0v) is 20.1. The molecule has 0 atom stereocenters. The molecular weight excluding hydrogens is 454 g/mol. The fourth-order valence-electron chi connectivity index (χ4n) is 4.49. The van der Waals surface area contributed by atoms with Gasteiger partial charge in [0, 0.05) is 43.9 Å². The molecule has 1 amide bonds. The summed E-state index contributed by atoms with van der Waals surface area (Å²) in [6.07, 6.45) is 5.74. The van der Waals surface area contributed by atoms with Crippen LogP contribution < -0.4 is 0 Å². The molecular formula is C28H29N5O3. The lowest BCUT2D eigenvalue weighted by Gasteiger charge is -2.29. The average Bonchev–Trinajstić information content (AvgIpc) is 3.35. The van der Waals surface area contributed by atoms with Crippen LogP contribution in [0.25, 0.3) is 12.2 Å². The summed E-state index contributed by atoms with van der Waals surface area (Å²) in [7, 11) is 0. The number of rotatable bonds is 6. The number of Topliss-reactive ketones (excluding diaryl/α,β-unsaturated/α-hetero) is 1. The highest BCUT2D eigenvalue weighted by Crippen LogP contribution is 2.23. The van der Waals surface area contributed by atoms with Crippen LogP contribution in [-0.2, 0) is 27.4 Å². The number of hydrogen-bond donors (Lipinski definition) is 0. The lowest BCUT2D eigenvalue weighted by atomic mass is 9.94. The molecule has 184 valence electrons. The monoisotopic (exact) mass is 483 g/mol. The second kappa shape index (κ2) is 11.2. The van der Waals surface area contributed by atoms with Gasteiger partial charge in [0.2, 0.25) is 5.91 Å². The molecule has 2 aromatic carbocycles. The Morgan fingerprint density at radius 2 is 1.47 bits per heavy atom. The van der Waals surface area contributed by atoms with Gasteiger partial charge in [0.05, 0.1) is 25.1 Å². The smallest absolute Gasteiger partial charge is 0.244 e. The number of ether oxygens (including phenoxy) is 1. The predicted octanol–water partition coefficient (Wildman–Crippen LogP) is 2.69. The van der Waals surface area contributed by atoms with Crippen LogP contribution in [0, 0.1) is 0 Å². The standard InChI is InChI=1S/C28H29N5O3/c34-27(32-11-13-36-14-12-32)21-33-20-26(29-30-33)19-31-17-24(15-22-7-3-1-4-8-22)28(35)25(18-31)16-23-9-5-2-6-10-23/h1-10,15-16,20H,11-14,17-19,21H2. The first kappa shape index (κ1) is 23.8. The molecule has 5 rings (SSSR count). The maximum atomic E-state index is 13.4. The topological polar surface area (TPSA) is 80.6 Å². The molecule has 8 heteroatoms. The Morgan fingerprint density at radius 3 is 2.06 bits per heavy atom. The highest BCUT2D eigenvalue weighted by atomic mass is 16.5. The van der Waals surface area contributed by atoms with Crippen molar-refractivity contribution >= 4 is 23.8 Å². The number of likely N-dealkylation sites (tertiary alicyclic amines) is 1. The first-order valence-electron chi connectivity index (χ1n) is 12.2. The molecule has 0 unspecified atom stereocenters. The fourth-order valence-corrected chi connectivity index (χ4v) is 4.49. The molecule has 2 aliphatic heterocycles. The van der Waals surface area contributed by atoms with Gasteiger partial charge in [-0.3, -0.25) is 14.5 Å². The van der Waals surface area contributed by atoms with Crippen LogP contribution in [0.15, 0.2) is 78.0 Å². The molecule has 36 heavy (non-hydrogen) atoms. The van der Waals surface area contributed by atoms with Crippen molar-refractivity contribution in [2.75, 3.05) is 39.4 Å². The van der Waals surface area contributed by atoms with E-state index in [2.05, 4.69) is 15.2 Å². The van der Waals surface area contributed by atoms with Gasteiger partial charge in [0.25, 0.3) is 0 Å².